The summed E-state index contributed by atoms with van der Waals surface area (Å²) in [6, 6.07) is 9.33. The molecule has 2 atom stereocenters. The summed E-state index contributed by atoms with van der Waals surface area (Å²) in [6.45, 7) is 8.59. The maximum atomic E-state index is 12.1. The first-order chi connectivity index (χ1) is 11.0. The molecule has 0 spiro atoms. The van der Waals surface area contributed by atoms with Gasteiger partial charge in [0.2, 0.25) is 5.91 Å². The van der Waals surface area contributed by atoms with Crippen molar-refractivity contribution in [1.29, 1.82) is 0 Å². The zero-order valence-corrected chi connectivity index (χ0v) is 14.2. The fraction of sp³-hybridized carbons (Fsp3) is 0.611. The smallest absolute Gasteiger partial charge is 0.237 e. The molecule has 2 rings (SSSR count). The highest BCUT2D eigenvalue weighted by Crippen LogP contribution is 2.08. The van der Waals surface area contributed by atoms with E-state index in [-0.39, 0.29) is 12.0 Å². The lowest BCUT2D eigenvalue weighted by atomic mass is 10.1. The Morgan fingerprint density at radius 2 is 2.13 bits per heavy atom. The van der Waals surface area contributed by atoms with Crippen LogP contribution in [0.2, 0.25) is 0 Å². The van der Waals surface area contributed by atoms with Crippen LogP contribution in [0.25, 0.3) is 0 Å². The molecule has 5 nitrogen and oxygen atoms in total. The summed E-state index contributed by atoms with van der Waals surface area (Å²) in [6.07, 6.45) is 0.605. The van der Waals surface area contributed by atoms with E-state index in [9.17, 15) is 4.79 Å². The molecule has 0 aromatic heterocycles. The lowest BCUT2D eigenvalue weighted by molar-refractivity contribution is -0.123. The van der Waals surface area contributed by atoms with Crippen LogP contribution in [-0.2, 0) is 16.0 Å². The van der Waals surface area contributed by atoms with E-state index < -0.39 is 6.04 Å². The first kappa shape index (κ1) is 17.9. The van der Waals surface area contributed by atoms with E-state index in [0.717, 1.165) is 31.8 Å². The van der Waals surface area contributed by atoms with E-state index in [1.807, 2.05) is 30.3 Å². The number of amides is 1. The summed E-state index contributed by atoms with van der Waals surface area (Å²) < 4.78 is 5.74. The minimum atomic E-state index is -0.521. The SMILES string of the molecule is CC(C)CN1CCOC(CNC(=O)C(N)Cc2ccccc2)C1. The minimum Gasteiger partial charge on any atom is -0.374 e. The van der Waals surface area contributed by atoms with Crippen molar-refractivity contribution in [3.8, 4) is 0 Å². The lowest BCUT2D eigenvalue weighted by Crippen LogP contribution is -2.50. The Hall–Kier alpha value is -1.43. The van der Waals surface area contributed by atoms with Crippen LogP contribution in [0.4, 0.5) is 0 Å². The van der Waals surface area contributed by atoms with Crippen LogP contribution in [0, 0.1) is 5.92 Å². The number of benzene rings is 1. The number of nitrogens with two attached hydrogens (primary N) is 1. The van der Waals surface area contributed by atoms with Crippen molar-refractivity contribution in [1.82, 2.24) is 10.2 Å². The van der Waals surface area contributed by atoms with Crippen molar-refractivity contribution in [2.24, 2.45) is 11.7 Å². The van der Waals surface area contributed by atoms with E-state index in [1.165, 1.54) is 0 Å². The minimum absolute atomic E-state index is 0.0513. The zero-order valence-electron chi connectivity index (χ0n) is 14.2. The second kappa shape index (κ2) is 9.01. The van der Waals surface area contributed by atoms with Crippen LogP contribution < -0.4 is 11.1 Å². The van der Waals surface area contributed by atoms with E-state index in [1.54, 1.807) is 0 Å². The van der Waals surface area contributed by atoms with E-state index in [0.29, 0.717) is 18.9 Å². The zero-order chi connectivity index (χ0) is 16.7. The van der Waals surface area contributed by atoms with Crippen molar-refractivity contribution in [3.05, 3.63) is 35.9 Å². The number of morpholine rings is 1. The number of carbonyl (C=O) groups excluding carboxylic acids is 1. The molecule has 1 aliphatic rings. The average Bonchev–Trinajstić information content (AvgIpc) is 2.53. The second-order valence-electron chi connectivity index (χ2n) is 6.69. The molecular formula is C18H29N3O2. The highest BCUT2D eigenvalue weighted by atomic mass is 16.5. The van der Waals surface area contributed by atoms with Crippen LogP contribution in [0.5, 0.6) is 0 Å². The molecule has 3 N–H and O–H groups in total. The number of carbonyl (C=O) groups is 1. The molecule has 1 amide bonds. The second-order valence-corrected chi connectivity index (χ2v) is 6.69. The molecule has 0 saturated carbocycles. The van der Waals surface area contributed by atoms with Gasteiger partial charge in [-0.15, -0.1) is 0 Å². The van der Waals surface area contributed by atoms with Gasteiger partial charge >= 0.3 is 0 Å². The van der Waals surface area contributed by atoms with Gasteiger partial charge in [-0.1, -0.05) is 44.2 Å². The quantitative estimate of drug-likeness (QED) is 0.788. The van der Waals surface area contributed by atoms with Crippen molar-refractivity contribution >= 4 is 5.91 Å². The Bertz CT molecular complexity index is 478. The van der Waals surface area contributed by atoms with Gasteiger partial charge in [0, 0.05) is 26.2 Å². The fourth-order valence-corrected chi connectivity index (χ4v) is 2.89. The number of rotatable bonds is 7. The molecule has 0 aliphatic carbocycles. The van der Waals surface area contributed by atoms with Crippen molar-refractivity contribution in [2.45, 2.75) is 32.4 Å². The number of hydrogen-bond acceptors (Lipinski definition) is 4. The predicted molar refractivity (Wildman–Crippen MR) is 92.1 cm³/mol. The van der Waals surface area contributed by atoms with Gasteiger partial charge in [-0.2, -0.15) is 0 Å². The Morgan fingerprint density at radius 1 is 1.39 bits per heavy atom. The van der Waals surface area contributed by atoms with Crippen molar-refractivity contribution < 1.29 is 9.53 Å². The van der Waals surface area contributed by atoms with Gasteiger partial charge in [0.15, 0.2) is 0 Å². The van der Waals surface area contributed by atoms with Crippen LogP contribution >= 0.6 is 0 Å². The van der Waals surface area contributed by atoms with Crippen LogP contribution in [0.1, 0.15) is 19.4 Å². The van der Waals surface area contributed by atoms with Crippen LogP contribution in [0.3, 0.4) is 0 Å². The molecule has 1 aromatic rings. The molecule has 0 bridgehead atoms. The lowest BCUT2D eigenvalue weighted by Gasteiger charge is -2.34. The Kier molecular flexibility index (Phi) is 7.02. The predicted octanol–water partition coefficient (Wildman–Crippen LogP) is 1.03. The van der Waals surface area contributed by atoms with Crippen molar-refractivity contribution in [3.63, 3.8) is 0 Å². The molecule has 1 fully saturated rings. The number of nitrogens with zero attached hydrogens (tertiary/aromatic N) is 1. The van der Waals surface area contributed by atoms with Gasteiger partial charge in [0.25, 0.3) is 0 Å². The van der Waals surface area contributed by atoms with Gasteiger partial charge in [-0.3, -0.25) is 9.69 Å². The normalized spacial score (nSPS) is 20.4. The molecule has 23 heavy (non-hydrogen) atoms. The number of ether oxygens (including phenoxy) is 1. The summed E-state index contributed by atoms with van der Waals surface area (Å²) in [5.41, 5.74) is 7.07. The maximum absolute atomic E-state index is 12.1. The molecule has 2 unspecified atom stereocenters. The highest BCUT2D eigenvalue weighted by molar-refractivity contribution is 5.81. The molecule has 1 aliphatic heterocycles. The third-order valence-corrected chi connectivity index (χ3v) is 3.99. The molecule has 1 heterocycles. The van der Waals surface area contributed by atoms with Gasteiger partial charge in [0.05, 0.1) is 18.8 Å². The monoisotopic (exact) mass is 319 g/mol. The Labute approximate surface area is 139 Å². The Balaban J connectivity index is 1.73. The van der Waals surface area contributed by atoms with Crippen LogP contribution in [-0.4, -0.2) is 55.7 Å². The summed E-state index contributed by atoms with van der Waals surface area (Å²) >= 11 is 0. The van der Waals surface area contributed by atoms with Crippen molar-refractivity contribution in [2.75, 3.05) is 32.8 Å². The molecule has 128 valence electrons. The third kappa shape index (κ3) is 6.29. The standard InChI is InChI=1S/C18H29N3O2/c1-14(2)12-21-8-9-23-16(13-21)11-20-18(22)17(19)10-15-6-4-3-5-7-15/h3-7,14,16-17H,8-13,19H2,1-2H3,(H,20,22). The number of hydrogen-bond donors (Lipinski definition) is 2. The summed E-state index contributed by atoms with van der Waals surface area (Å²) in [5.74, 6) is 0.529. The Morgan fingerprint density at radius 3 is 2.83 bits per heavy atom. The van der Waals surface area contributed by atoms with Gasteiger partial charge in [-0.25, -0.2) is 0 Å². The third-order valence-electron chi connectivity index (χ3n) is 3.99. The molecular weight excluding hydrogens is 290 g/mol. The maximum Gasteiger partial charge on any atom is 0.237 e. The summed E-state index contributed by atoms with van der Waals surface area (Å²) in [5, 5.41) is 2.93. The molecule has 1 saturated heterocycles. The number of nitrogens with one attached hydrogen (secondary N) is 1. The first-order valence-electron chi connectivity index (χ1n) is 8.45. The topological polar surface area (TPSA) is 67.6 Å². The largest absolute Gasteiger partial charge is 0.374 e. The fourth-order valence-electron chi connectivity index (χ4n) is 2.89. The van der Waals surface area contributed by atoms with E-state index in [2.05, 4.69) is 24.1 Å². The molecule has 5 heteroatoms. The van der Waals surface area contributed by atoms with E-state index in [4.69, 9.17) is 10.5 Å². The highest BCUT2D eigenvalue weighted by Gasteiger charge is 2.22. The van der Waals surface area contributed by atoms with Gasteiger partial charge in [-0.05, 0) is 17.9 Å². The average molecular weight is 319 g/mol. The first-order valence-corrected chi connectivity index (χ1v) is 8.45. The van der Waals surface area contributed by atoms with Crippen LogP contribution in [0.15, 0.2) is 30.3 Å². The van der Waals surface area contributed by atoms with E-state index >= 15 is 0 Å². The summed E-state index contributed by atoms with van der Waals surface area (Å²) in [4.78, 5) is 14.5. The molecule has 0 radical (unpaired) electrons. The van der Waals surface area contributed by atoms with Gasteiger partial charge < -0.3 is 15.8 Å². The molecule has 1 aromatic carbocycles. The summed E-state index contributed by atoms with van der Waals surface area (Å²) in [7, 11) is 0. The van der Waals surface area contributed by atoms with Gasteiger partial charge in [0.1, 0.15) is 0 Å².